The molecule has 160 valence electrons. The summed E-state index contributed by atoms with van der Waals surface area (Å²) in [7, 11) is 1.69. The number of methoxy groups -OCH3 is 1. The van der Waals surface area contributed by atoms with E-state index >= 15 is 0 Å². The topological polar surface area (TPSA) is 49.0 Å². The van der Waals surface area contributed by atoms with E-state index in [-0.39, 0.29) is 6.04 Å². The van der Waals surface area contributed by atoms with Crippen molar-refractivity contribution in [3.63, 3.8) is 0 Å². The molecule has 5 rings (SSSR count). The molecule has 3 aromatic rings. The number of hydrogen-bond acceptors (Lipinski definition) is 5. The maximum Gasteiger partial charge on any atom is 0.161 e. The molecule has 2 aliphatic heterocycles. The molecule has 1 unspecified atom stereocenters. The molecular formula is C26H27NO4. The lowest BCUT2D eigenvalue weighted by molar-refractivity contribution is 0.171. The molecule has 0 saturated carbocycles. The highest BCUT2D eigenvalue weighted by Crippen LogP contribution is 2.40. The fourth-order valence-corrected chi connectivity index (χ4v) is 4.30. The van der Waals surface area contributed by atoms with E-state index in [1.54, 1.807) is 7.11 Å². The second-order valence-corrected chi connectivity index (χ2v) is 7.83. The summed E-state index contributed by atoms with van der Waals surface area (Å²) < 4.78 is 23.3. The first-order valence-corrected chi connectivity index (χ1v) is 10.8. The number of hydrogen-bond donors (Lipinski definition) is 1. The zero-order valence-corrected chi connectivity index (χ0v) is 17.7. The first kappa shape index (κ1) is 19.8. The van der Waals surface area contributed by atoms with Gasteiger partial charge in [-0.25, -0.2) is 0 Å². The summed E-state index contributed by atoms with van der Waals surface area (Å²) in [6.07, 6.45) is 1.83. The second-order valence-electron chi connectivity index (χ2n) is 7.83. The maximum absolute atomic E-state index is 6.04. The van der Waals surface area contributed by atoms with E-state index in [0.29, 0.717) is 19.8 Å². The smallest absolute Gasteiger partial charge is 0.161 e. The zero-order chi connectivity index (χ0) is 21.0. The van der Waals surface area contributed by atoms with Gasteiger partial charge in [0.25, 0.3) is 0 Å². The number of rotatable bonds is 6. The second kappa shape index (κ2) is 8.90. The predicted octanol–water partition coefficient (Wildman–Crippen LogP) is 4.32. The van der Waals surface area contributed by atoms with E-state index < -0.39 is 0 Å². The predicted molar refractivity (Wildman–Crippen MR) is 120 cm³/mol. The van der Waals surface area contributed by atoms with E-state index in [2.05, 4.69) is 41.7 Å². The van der Waals surface area contributed by atoms with Gasteiger partial charge in [-0.2, -0.15) is 0 Å². The van der Waals surface area contributed by atoms with Crippen molar-refractivity contribution in [1.82, 2.24) is 5.32 Å². The normalized spacial score (nSPS) is 17.0. The van der Waals surface area contributed by atoms with Gasteiger partial charge in [0, 0.05) is 13.0 Å². The lowest BCUT2D eigenvalue weighted by Crippen LogP contribution is -2.31. The van der Waals surface area contributed by atoms with Gasteiger partial charge in [0.05, 0.1) is 19.8 Å². The largest absolute Gasteiger partial charge is 0.493 e. The van der Waals surface area contributed by atoms with Gasteiger partial charge in [-0.3, -0.25) is 0 Å². The van der Waals surface area contributed by atoms with Crippen LogP contribution < -0.4 is 24.3 Å². The Hall–Kier alpha value is -3.18. The van der Waals surface area contributed by atoms with Crippen LogP contribution in [-0.4, -0.2) is 33.5 Å². The Morgan fingerprint density at radius 3 is 2.55 bits per heavy atom. The monoisotopic (exact) mass is 417 g/mol. The summed E-state index contributed by atoms with van der Waals surface area (Å²) in [4.78, 5) is 0. The van der Waals surface area contributed by atoms with Crippen molar-refractivity contribution in [3.05, 3.63) is 82.9 Å². The third-order valence-electron chi connectivity index (χ3n) is 5.87. The van der Waals surface area contributed by atoms with Crippen molar-refractivity contribution in [2.45, 2.75) is 18.9 Å². The Balaban J connectivity index is 1.36. The van der Waals surface area contributed by atoms with Crippen LogP contribution in [0.1, 0.15) is 28.3 Å². The van der Waals surface area contributed by atoms with Crippen LogP contribution in [0.25, 0.3) is 0 Å². The number of benzene rings is 3. The Labute approximate surface area is 182 Å². The molecule has 0 bridgehead atoms. The van der Waals surface area contributed by atoms with Crippen LogP contribution in [0.4, 0.5) is 0 Å². The Bertz CT molecular complexity index is 1050. The van der Waals surface area contributed by atoms with Gasteiger partial charge in [0.1, 0.15) is 13.2 Å². The standard InChI is InChI=1S/C26H27NO4/c1-28-23-16-20(7-8-22(23)29-12-10-18-5-3-2-4-6-18)26-21-17-25-24(30-13-14-31-25)15-19(21)9-11-27-26/h2-8,15-17,26-27H,9-14H2,1H3. The molecule has 0 radical (unpaired) electrons. The van der Waals surface area contributed by atoms with Crippen LogP contribution in [0.5, 0.6) is 23.0 Å². The fraction of sp³-hybridized carbons (Fsp3) is 0.308. The summed E-state index contributed by atoms with van der Waals surface area (Å²) >= 11 is 0. The SMILES string of the molecule is COc1cc(C2NCCc3cc4c(cc32)OCCO4)ccc1OCCc1ccccc1. The Kier molecular flexibility index (Phi) is 5.67. The number of nitrogens with one attached hydrogen (secondary N) is 1. The molecule has 31 heavy (non-hydrogen) atoms. The molecule has 5 nitrogen and oxygen atoms in total. The van der Waals surface area contributed by atoms with Gasteiger partial charge in [0.15, 0.2) is 23.0 Å². The molecule has 3 aromatic carbocycles. The van der Waals surface area contributed by atoms with E-state index in [1.807, 2.05) is 24.3 Å². The van der Waals surface area contributed by atoms with E-state index in [0.717, 1.165) is 47.9 Å². The van der Waals surface area contributed by atoms with Crippen LogP contribution in [0.2, 0.25) is 0 Å². The van der Waals surface area contributed by atoms with Crippen molar-refractivity contribution in [1.29, 1.82) is 0 Å². The summed E-state index contributed by atoms with van der Waals surface area (Å²) in [6, 6.07) is 20.9. The van der Waals surface area contributed by atoms with Gasteiger partial charge < -0.3 is 24.3 Å². The van der Waals surface area contributed by atoms with E-state index in [9.17, 15) is 0 Å². The first-order chi connectivity index (χ1) is 15.3. The number of fused-ring (bicyclic) bond motifs is 2. The lowest BCUT2D eigenvalue weighted by Gasteiger charge is -2.30. The zero-order valence-electron chi connectivity index (χ0n) is 17.7. The highest BCUT2D eigenvalue weighted by atomic mass is 16.6. The highest BCUT2D eigenvalue weighted by Gasteiger charge is 2.26. The van der Waals surface area contributed by atoms with Gasteiger partial charge in [-0.1, -0.05) is 36.4 Å². The van der Waals surface area contributed by atoms with Crippen LogP contribution in [-0.2, 0) is 12.8 Å². The lowest BCUT2D eigenvalue weighted by atomic mass is 9.89. The quantitative estimate of drug-likeness (QED) is 0.647. The highest BCUT2D eigenvalue weighted by molar-refractivity contribution is 5.53. The van der Waals surface area contributed by atoms with Gasteiger partial charge >= 0.3 is 0 Å². The number of ether oxygens (including phenoxy) is 4. The molecule has 0 spiro atoms. The molecule has 5 heteroatoms. The average Bonchev–Trinajstić information content (AvgIpc) is 2.83. The van der Waals surface area contributed by atoms with Crippen LogP contribution in [0.15, 0.2) is 60.7 Å². The van der Waals surface area contributed by atoms with Crippen LogP contribution in [0, 0.1) is 0 Å². The van der Waals surface area contributed by atoms with E-state index in [1.165, 1.54) is 16.7 Å². The summed E-state index contributed by atoms with van der Waals surface area (Å²) in [5.41, 5.74) is 4.94. The van der Waals surface area contributed by atoms with Gasteiger partial charge in [-0.15, -0.1) is 0 Å². The first-order valence-electron chi connectivity index (χ1n) is 10.8. The maximum atomic E-state index is 6.04. The summed E-state index contributed by atoms with van der Waals surface area (Å²) in [5.74, 6) is 3.19. The van der Waals surface area contributed by atoms with E-state index in [4.69, 9.17) is 18.9 Å². The minimum atomic E-state index is 0.0758. The van der Waals surface area contributed by atoms with Crippen LogP contribution >= 0.6 is 0 Å². The Morgan fingerprint density at radius 1 is 0.935 bits per heavy atom. The molecule has 2 aliphatic rings. The third kappa shape index (κ3) is 4.19. The average molecular weight is 418 g/mol. The summed E-state index contributed by atoms with van der Waals surface area (Å²) in [5, 5.41) is 3.64. The van der Waals surface area contributed by atoms with Crippen molar-refractivity contribution in [3.8, 4) is 23.0 Å². The molecule has 0 aromatic heterocycles. The molecular weight excluding hydrogens is 390 g/mol. The van der Waals surface area contributed by atoms with Gasteiger partial charge in [-0.05, 0) is 52.9 Å². The third-order valence-corrected chi connectivity index (χ3v) is 5.87. The molecule has 2 heterocycles. The van der Waals surface area contributed by atoms with Crippen molar-refractivity contribution < 1.29 is 18.9 Å². The molecule has 0 amide bonds. The molecule has 1 N–H and O–H groups in total. The van der Waals surface area contributed by atoms with Gasteiger partial charge in [0.2, 0.25) is 0 Å². The summed E-state index contributed by atoms with van der Waals surface area (Å²) in [6.45, 7) is 2.71. The molecule has 0 saturated heterocycles. The van der Waals surface area contributed by atoms with Crippen molar-refractivity contribution in [2.75, 3.05) is 33.5 Å². The minimum absolute atomic E-state index is 0.0758. The molecule has 0 fully saturated rings. The Morgan fingerprint density at radius 2 is 1.74 bits per heavy atom. The molecule has 0 aliphatic carbocycles. The minimum Gasteiger partial charge on any atom is -0.493 e. The van der Waals surface area contributed by atoms with Crippen LogP contribution in [0.3, 0.4) is 0 Å². The van der Waals surface area contributed by atoms with Crippen molar-refractivity contribution in [2.24, 2.45) is 0 Å². The molecule has 1 atom stereocenters. The van der Waals surface area contributed by atoms with Crippen molar-refractivity contribution >= 4 is 0 Å². The fourth-order valence-electron chi connectivity index (χ4n) is 4.30.